The van der Waals surface area contributed by atoms with E-state index in [2.05, 4.69) is 0 Å². The summed E-state index contributed by atoms with van der Waals surface area (Å²) in [6.45, 7) is 1.98. The van der Waals surface area contributed by atoms with Gasteiger partial charge in [-0.2, -0.15) is 11.3 Å². The van der Waals surface area contributed by atoms with Gasteiger partial charge in [0.1, 0.15) is 12.6 Å². The molecule has 1 unspecified atom stereocenters. The number of thiophene rings is 1. The minimum Gasteiger partial charge on any atom is -0.480 e. The third kappa shape index (κ3) is 3.16. The molecule has 0 aliphatic carbocycles. The van der Waals surface area contributed by atoms with Crippen LogP contribution in [0.25, 0.3) is 0 Å². The third-order valence-electron chi connectivity index (χ3n) is 3.33. The van der Waals surface area contributed by atoms with Crippen LogP contribution in [-0.2, 0) is 20.8 Å². The Morgan fingerprint density at radius 1 is 1.45 bits per heavy atom. The van der Waals surface area contributed by atoms with E-state index in [4.69, 9.17) is 5.11 Å². The zero-order valence-electron chi connectivity index (χ0n) is 11.1. The van der Waals surface area contributed by atoms with Gasteiger partial charge in [-0.3, -0.25) is 14.4 Å². The highest BCUT2D eigenvalue weighted by Crippen LogP contribution is 2.14. The van der Waals surface area contributed by atoms with Crippen LogP contribution in [0.15, 0.2) is 16.8 Å². The molecule has 0 bridgehead atoms. The lowest BCUT2D eigenvalue weighted by molar-refractivity contribution is -0.154. The number of aliphatic carboxylic acids is 1. The molecule has 1 N–H and O–H groups in total. The molecule has 1 atom stereocenters. The highest BCUT2D eigenvalue weighted by molar-refractivity contribution is 7.08. The molecule has 0 saturated carbocycles. The summed E-state index contributed by atoms with van der Waals surface area (Å²) in [6.07, 6.45) is 0.278. The van der Waals surface area contributed by atoms with E-state index in [1.165, 1.54) is 21.1 Å². The molecule has 6 nitrogen and oxygen atoms in total. The number of amides is 2. The van der Waals surface area contributed by atoms with Gasteiger partial charge in [-0.1, -0.05) is 0 Å². The van der Waals surface area contributed by atoms with Crippen molar-refractivity contribution >= 4 is 29.1 Å². The lowest BCUT2D eigenvalue weighted by Crippen LogP contribution is -2.58. The van der Waals surface area contributed by atoms with E-state index >= 15 is 0 Å². The molecule has 1 aliphatic rings. The maximum absolute atomic E-state index is 12.2. The highest BCUT2D eigenvalue weighted by Gasteiger charge is 2.34. The molecule has 2 amide bonds. The molecule has 2 rings (SSSR count). The van der Waals surface area contributed by atoms with Gasteiger partial charge in [-0.15, -0.1) is 0 Å². The van der Waals surface area contributed by atoms with Gasteiger partial charge in [-0.25, -0.2) is 0 Å². The summed E-state index contributed by atoms with van der Waals surface area (Å²) in [5, 5.41) is 12.6. The van der Waals surface area contributed by atoms with Crippen molar-refractivity contribution in [3.63, 3.8) is 0 Å². The van der Waals surface area contributed by atoms with Crippen molar-refractivity contribution in [3.05, 3.63) is 22.4 Å². The Morgan fingerprint density at radius 3 is 2.80 bits per heavy atom. The van der Waals surface area contributed by atoms with Crippen molar-refractivity contribution < 1.29 is 19.5 Å². The van der Waals surface area contributed by atoms with Crippen LogP contribution in [0.3, 0.4) is 0 Å². The molecule has 0 aromatic carbocycles. The van der Waals surface area contributed by atoms with E-state index in [9.17, 15) is 14.4 Å². The number of hydrogen-bond acceptors (Lipinski definition) is 4. The molecule has 1 aliphatic heterocycles. The number of hydrogen-bond donors (Lipinski definition) is 1. The van der Waals surface area contributed by atoms with Crippen molar-refractivity contribution in [3.8, 4) is 0 Å². The molecule has 0 spiro atoms. The van der Waals surface area contributed by atoms with Crippen LogP contribution in [-0.4, -0.2) is 58.4 Å². The molecule has 2 heterocycles. The summed E-state index contributed by atoms with van der Waals surface area (Å²) in [7, 11) is 0. The van der Waals surface area contributed by atoms with Gasteiger partial charge in [0.15, 0.2) is 0 Å². The smallest absolute Gasteiger partial charge is 0.323 e. The monoisotopic (exact) mass is 296 g/mol. The van der Waals surface area contributed by atoms with Crippen LogP contribution in [0, 0.1) is 0 Å². The molecule has 1 saturated heterocycles. The standard InChI is InChI=1S/C13H16N2O4S/c1-9-13(19)14(7-12(17)18)3-4-15(9)11(16)6-10-2-5-20-8-10/h2,5,8-9H,3-4,6-7H2,1H3,(H,17,18). The first kappa shape index (κ1) is 14.5. The van der Waals surface area contributed by atoms with E-state index in [1.807, 2.05) is 16.8 Å². The molecule has 1 aromatic heterocycles. The predicted molar refractivity (Wildman–Crippen MR) is 73.4 cm³/mol. The maximum Gasteiger partial charge on any atom is 0.323 e. The molecule has 1 aromatic rings. The molecule has 0 radical (unpaired) electrons. The molecule has 7 heteroatoms. The summed E-state index contributed by atoms with van der Waals surface area (Å²) in [5.74, 6) is -1.44. The van der Waals surface area contributed by atoms with E-state index in [-0.39, 0.29) is 31.3 Å². The lowest BCUT2D eigenvalue weighted by atomic mass is 10.1. The normalized spacial score (nSPS) is 19.2. The topological polar surface area (TPSA) is 77.9 Å². The van der Waals surface area contributed by atoms with Crippen molar-refractivity contribution in [2.24, 2.45) is 0 Å². The number of carboxylic acid groups (broad SMARTS) is 1. The number of carbonyl (C=O) groups excluding carboxylic acids is 2. The first-order chi connectivity index (χ1) is 9.49. The first-order valence-corrected chi connectivity index (χ1v) is 7.24. The average Bonchev–Trinajstić information content (AvgIpc) is 2.87. The van der Waals surface area contributed by atoms with Gasteiger partial charge in [0.25, 0.3) is 0 Å². The Morgan fingerprint density at radius 2 is 2.20 bits per heavy atom. The number of carbonyl (C=O) groups is 3. The van der Waals surface area contributed by atoms with Gasteiger partial charge in [0.05, 0.1) is 6.42 Å². The van der Waals surface area contributed by atoms with Gasteiger partial charge < -0.3 is 14.9 Å². The molecular formula is C13H16N2O4S. The minimum atomic E-state index is -1.04. The van der Waals surface area contributed by atoms with Crippen LogP contribution >= 0.6 is 11.3 Å². The van der Waals surface area contributed by atoms with Crippen LogP contribution in [0.4, 0.5) is 0 Å². The summed E-state index contributed by atoms with van der Waals surface area (Å²) < 4.78 is 0. The summed E-state index contributed by atoms with van der Waals surface area (Å²) in [5.41, 5.74) is 0.938. The largest absolute Gasteiger partial charge is 0.480 e. The Bertz CT molecular complexity index is 514. The molecule has 20 heavy (non-hydrogen) atoms. The second-order valence-electron chi connectivity index (χ2n) is 4.73. The van der Waals surface area contributed by atoms with Crippen LogP contribution < -0.4 is 0 Å². The predicted octanol–water partition coefficient (Wildman–Crippen LogP) is 0.435. The summed E-state index contributed by atoms with van der Waals surface area (Å²) in [4.78, 5) is 37.7. The van der Waals surface area contributed by atoms with Crippen molar-refractivity contribution in [2.45, 2.75) is 19.4 Å². The van der Waals surface area contributed by atoms with Gasteiger partial charge in [-0.05, 0) is 29.3 Å². The SMILES string of the molecule is CC1C(=O)N(CC(=O)O)CCN1C(=O)Cc1ccsc1. The van der Waals surface area contributed by atoms with Gasteiger partial charge >= 0.3 is 5.97 Å². The van der Waals surface area contributed by atoms with Crippen molar-refractivity contribution in [1.29, 1.82) is 0 Å². The average molecular weight is 296 g/mol. The number of nitrogens with zero attached hydrogens (tertiary/aromatic N) is 2. The third-order valence-corrected chi connectivity index (χ3v) is 4.06. The molecular weight excluding hydrogens is 280 g/mol. The molecule has 108 valence electrons. The molecule has 1 fully saturated rings. The fourth-order valence-electron chi connectivity index (χ4n) is 2.26. The quantitative estimate of drug-likeness (QED) is 0.874. The number of piperazine rings is 1. The zero-order chi connectivity index (χ0) is 14.7. The van der Waals surface area contributed by atoms with Crippen molar-refractivity contribution in [2.75, 3.05) is 19.6 Å². The Kier molecular flexibility index (Phi) is 4.39. The Labute approximate surface area is 120 Å². The second-order valence-corrected chi connectivity index (χ2v) is 5.51. The maximum atomic E-state index is 12.2. The number of carboxylic acids is 1. The minimum absolute atomic E-state index is 0.0979. The van der Waals surface area contributed by atoms with Gasteiger partial charge in [0, 0.05) is 13.1 Å². The van der Waals surface area contributed by atoms with Crippen LogP contribution in [0.5, 0.6) is 0 Å². The summed E-state index contributed by atoms with van der Waals surface area (Å²) >= 11 is 1.53. The van der Waals surface area contributed by atoms with E-state index in [1.54, 1.807) is 6.92 Å². The second kappa shape index (κ2) is 6.04. The van der Waals surface area contributed by atoms with E-state index < -0.39 is 12.0 Å². The van der Waals surface area contributed by atoms with E-state index in [0.717, 1.165) is 5.56 Å². The highest BCUT2D eigenvalue weighted by atomic mass is 32.1. The first-order valence-electron chi connectivity index (χ1n) is 6.30. The Hall–Kier alpha value is -1.89. The fourth-order valence-corrected chi connectivity index (χ4v) is 2.93. The van der Waals surface area contributed by atoms with Crippen LogP contribution in [0.2, 0.25) is 0 Å². The van der Waals surface area contributed by atoms with Gasteiger partial charge in [0.2, 0.25) is 11.8 Å². The zero-order valence-corrected chi connectivity index (χ0v) is 11.9. The summed E-state index contributed by atoms with van der Waals surface area (Å²) in [6, 6.07) is 1.28. The lowest BCUT2D eigenvalue weighted by Gasteiger charge is -2.38. The number of rotatable bonds is 4. The fraction of sp³-hybridized carbons (Fsp3) is 0.462. The van der Waals surface area contributed by atoms with E-state index in [0.29, 0.717) is 6.54 Å². The Balaban J connectivity index is 1.99. The van der Waals surface area contributed by atoms with Crippen LogP contribution in [0.1, 0.15) is 12.5 Å². The van der Waals surface area contributed by atoms with Crippen molar-refractivity contribution in [1.82, 2.24) is 9.80 Å².